The van der Waals surface area contributed by atoms with E-state index in [1.807, 2.05) is 0 Å². The molecule has 2 aromatic rings. The predicted molar refractivity (Wildman–Crippen MR) is 108 cm³/mol. The number of nitro benzene ring substituents is 1. The number of nitrogens with one attached hydrogen (secondary N) is 1. The molecule has 0 atom stereocenters. The van der Waals surface area contributed by atoms with Crippen molar-refractivity contribution in [1.29, 1.82) is 0 Å². The van der Waals surface area contributed by atoms with Crippen LogP contribution in [0.15, 0.2) is 53.4 Å². The van der Waals surface area contributed by atoms with E-state index in [9.17, 15) is 18.5 Å². The van der Waals surface area contributed by atoms with Crippen molar-refractivity contribution in [3.05, 3.63) is 89.3 Å². The van der Waals surface area contributed by atoms with Gasteiger partial charge in [-0.05, 0) is 24.3 Å². The van der Waals surface area contributed by atoms with Gasteiger partial charge >= 0.3 is 17.1 Å². The molecule has 0 aliphatic carbocycles. The Bertz CT molecular complexity index is 941. The van der Waals surface area contributed by atoms with Gasteiger partial charge in [0.1, 0.15) is 11.4 Å². The third-order valence-electron chi connectivity index (χ3n) is 2.70. The van der Waals surface area contributed by atoms with Crippen LogP contribution in [0.3, 0.4) is 0 Å². The van der Waals surface area contributed by atoms with E-state index in [4.69, 9.17) is 35.4 Å². The van der Waals surface area contributed by atoms with E-state index in [-0.39, 0.29) is 55.5 Å². The maximum atomic E-state index is 12.2. The largest absolute Gasteiger partial charge is 2.00 e. The zero-order chi connectivity index (χ0) is 22.6. The number of ether oxygens (including phenoxy) is 1. The molecule has 0 aromatic heterocycles. The van der Waals surface area contributed by atoms with E-state index in [1.54, 1.807) is 18.2 Å². The van der Waals surface area contributed by atoms with Crippen LogP contribution in [0.4, 0.5) is 11.4 Å². The molecular formula is C13H18CuN4O14S. The first-order valence-electron chi connectivity index (χ1n) is 6.94. The Hall–Kier alpha value is -3.81. The first-order valence-corrected chi connectivity index (χ1v) is 8.42. The van der Waals surface area contributed by atoms with E-state index in [2.05, 4.69) is 4.72 Å². The zero-order valence-electron chi connectivity index (χ0n) is 16.2. The molecule has 0 fully saturated rings. The number of hydrogen-bond acceptors (Lipinski definition) is 11. The Balaban J connectivity index is -0.000000190. The van der Waals surface area contributed by atoms with Gasteiger partial charge in [-0.1, -0.05) is 18.2 Å². The van der Waals surface area contributed by atoms with Crippen LogP contribution < -0.4 is 9.46 Å². The summed E-state index contributed by atoms with van der Waals surface area (Å²) in [5.41, 5.74) is -0.501. The van der Waals surface area contributed by atoms with Gasteiger partial charge in [0, 0.05) is 0 Å². The SMILES string of the molecule is COc1ccc(NS(=O)(=O)c2ccccc2)c([N+](=O)[O-])c1.O.O.O.O=[N+]([O-])[O-].O=[N+]([O-])[O-].[Cu+2]. The fourth-order valence-corrected chi connectivity index (χ4v) is 2.77. The van der Waals surface area contributed by atoms with Crippen molar-refractivity contribution in [2.24, 2.45) is 0 Å². The van der Waals surface area contributed by atoms with E-state index < -0.39 is 25.1 Å². The van der Waals surface area contributed by atoms with Gasteiger partial charge in [-0.15, -0.1) is 0 Å². The minimum atomic E-state index is -3.88. The predicted octanol–water partition coefficient (Wildman–Crippen LogP) is -0.551. The summed E-state index contributed by atoms with van der Waals surface area (Å²) in [4.78, 5) is 26.9. The Morgan fingerprint density at radius 3 is 1.61 bits per heavy atom. The molecule has 33 heavy (non-hydrogen) atoms. The molecule has 0 bridgehead atoms. The Morgan fingerprint density at radius 2 is 1.24 bits per heavy atom. The molecule has 2 aromatic carbocycles. The van der Waals surface area contributed by atoms with Crippen LogP contribution in [0.5, 0.6) is 5.75 Å². The average molecular weight is 550 g/mol. The molecule has 0 saturated carbocycles. The topological polar surface area (TPSA) is 325 Å². The minimum absolute atomic E-state index is 0. The number of nitrogens with zero attached hydrogens (tertiary/aromatic N) is 3. The first-order chi connectivity index (χ1) is 13.4. The fourth-order valence-electron chi connectivity index (χ4n) is 1.68. The minimum Gasteiger partial charge on any atom is -0.496 e. The van der Waals surface area contributed by atoms with Crippen molar-refractivity contribution in [3.8, 4) is 5.75 Å². The van der Waals surface area contributed by atoms with Crippen LogP contribution in [0.2, 0.25) is 0 Å². The maximum Gasteiger partial charge on any atom is 2.00 e. The molecule has 0 unspecified atom stereocenters. The quantitative estimate of drug-likeness (QED) is 0.279. The third kappa shape index (κ3) is 16.5. The van der Waals surface area contributed by atoms with Gasteiger partial charge in [0.25, 0.3) is 15.7 Å². The van der Waals surface area contributed by atoms with E-state index in [1.165, 1.54) is 31.4 Å². The van der Waals surface area contributed by atoms with E-state index in [0.29, 0.717) is 0 Å². The molecule has 7 N–H and O–H groups in total. The van der Waals surface area contributed by atoms with Gasteiger partial charge in [-0.25, -0.2) is 8.42 Å². The van der Waals surface area contributed by atoms with Crippen LogP contribution >= 0.6 is 0 Å². The van der Waals surface area contributed by atoms with E-state index in [0.717, 1.165) is 6.07 Å². The number of methoxy groups -OCH3 is 1. The first kappa shape index (κ1) is 39.6. The molecule has 20 heteroatoms. The molecule has 18 nitrogen and oxygen atoms in total. The summed E-state index contributed by atoms with van der Waals surface area (Å²) in [6.45, 7) is 0. The van der Waals surface area contributed by atoms with Crippen molar-refractivity contribution in [1.82, 2.24) is 0 Å². The van der Waals surface area contributed by atoms with Gasteiger partial charge in [-0.2, -0.15) is 0 Å². The fraction of sp³-hybridized carbons (Fsp3) is 0.0769. The van der Waals surface area contributed by atoms with Crippen LogP contribution in [0.25, 0.3) is 0 Å². The summed E-state index contributed by atoms with van der Waals surface area (Å²) < 4.78 is 31.4. The number of rotatable bonds is 5. The molecule has 0 aliphatic heterocycles. The number of hydrogen-bond donors (Lipinski definition) is 1. The van der Waals surface area contributed by atoms with Crippen molar-refractivity contribution in [3.63, 3.8) is 0 Å². The summed E-state index contributed by atoms with van der Waals surface area (Å²) in [7, 11) is -2.52. The maximum absolute atomic E-state index is 12.2. The summed E-state index contributed by atoms with van der Waals surface area (Å²) >= 11 is 0. The Labute approximate surface area is 195 Å². The van der Waals surface area contributed by atoms with Crippen LogP contribution in [0, 0.1) is 40.8 Å². The molecule has 0 saturated heterocycles. The van der Waals surface area contributed by atoms with Gasteiger partial charge < -0.3 is 51.8 Å². The van der Waals surface area contributed by atoms with Crippen molar-refractivity contribution >= 4 is 21.4 Å². The second-order valence-corrected chi connectivity index (χ2v) is 6.19. The third-order valence-corrected chi connectivity index (χ3v) is 4.08. The summed E-state index contributed by atoms with van der Waals surface area (Å²) in [6.07, 6.45) is 0. The van der Waals surface area contributed by atoms with Crippen molar-refractivity contribution in [2.75, 3.05) is 11.8 Å². The molecule has 191 valence electrons. The molecule has 2 rings (SSSR count). The molecule has 1 radical (unpaired) electrons. The monoisotopic (exact) mass is 549 g/mol. The standard InChI is InChI=1S/C13H12N2O5S.Cu.2NO3.3H2O/c1-20-10-7-8-12(13(9-10)15(16)17)14-21(18,19)11-5-3-2-4-6-11;;2*2-1(3)4;;;/h2-9,14H,1H3;;;;3*1H2/q;+2;2*-1;;;. The number of benzene rings is 2. The Kier molecular flexibility index (Phi) is 22.7. The number of anilines is 1. The number of nitro groups is 1. The zero-order valence-corrected chi connectivity index (χ0v) is 17.9. The molecular weight excluding hydrogens is 532 g/mol. The van der Waals surface area contributed by atoms with Crippen LogP contribution in [0.1, 0.15) is 0 Å². The Morgan fingerprint density at radius 1 is 0.818 bits per heavy atom. The average Bonchev–Trinajstić information content (AvgIpc) is 2.61. The normalized spacial score (nSPS) is 8.39. The van der Waals surface area contributed by atoms with Gasteiger partial charge in [0.05, 0.1) is 33.2 Å². The van der Waals surface area contributed by atoms with Crippen LogP contribution in [-0.4, -0.2) is 47.1 Å². The number of sulfonamides is 1. The second kappa shape index (κ2) is 18.9. The molecule has 0 spiro atoms. The molecule has 0 heterocycles. The molecule has 0 aliphatic rings. The molecule has 0 amide bonds. The van der Waals surface area contributed by atoms with Gasteiger partial charge in [-0.3, -0.25) is 14.8 Å². The van der Waals surface area contributed by atoms with E-state index >= 15 is 0 Å². The second-order valence-electron chi connectivity index (χ2n) is 4.51. The van der Waals surface area contributed by atoms with Crippen LogP contribution in [-0.2, 0) is 27.1 Å². The summed E-state index contributed by atoms with van der Waals surface area (Å²) in [5, 5.41) is 40.5. The van der Waals surface area contributed by atoms with Crippen molar-refractivity contribution < 1.29 is 61.7 Å². The van der Waals surface area contributed by atoms with Crippen molar-refractivity contribution in [2.45, 2.75) is 4.90 Å². The summed E-state index contributed by atoms with van der Waals surface area (Å²) in [6, 6.07) is 11.5. The summed E-state index contributed by atoms with van der Waals surface area (Å²) in [5.74, 6) is 0.268. The smallest absolute Gasteiger partial charge is 0.496 e. The van der Waals surface area contributed by atoms with Gasteiger partial charge in [0.15, 0.2) is 0 Å². The van der Waals surface area contributed by atoms with Gasteiger partial charge in [0.2, 0.25) is 0 Å².